The van der Waals surface area contributed by atoms with Crippen LogP contribution in [0.25, 0.3) is 0 Å². The summed E-state index contributed by atoms with van der Waals surface area (Å²) in [7, 11) is 0. The molecule has 1 N–H and O–H groups in total. The summed E-state index contributed by atoms with van der Waals surface area (Å²) in [4.78, 5) is 11.6. The van der Waals surface area contributed by atoms with Crippen molar-refractivity contribution in [2.75, 3.05) is 19.8 Å². The first-order chi connectivity index (χ1) is 9.65. The van der Waals surface area contributed by atoms with E-state index in [1.165, 1.54) is 11.1 Å². The molecule has 1 atom stereocenters. The van der Waals surface area contributed by atoms with Crippen molar-refractivity contribution in [1.82, 2.24) is 5.32 Å². The highest BCUT2D eigenvalue weighted by molar-refractivity contribution is 5.77. The van der Waals surface area contributed by atoms with Crippen molar-refractivity contribution in [3.8, 4) is 0 Å². The van der Waals surface area contributed by atoms with E-state index in [1.54, 1.807) is 0 Å². The number of nitrogens with one attached hydrogen (secondary N) is 1. The lowest BCUT2D eigenvalue weighted by atomic mass is 10.1. The number of hydrogen-bond donors (Lipinski definition) is 1. The lowest BCUT2D eigenvalue weighted by Gasteiger charge is -2.11. The Balaban J connectivity index is 1.65. The summed E-state index contributed by atoms with van der Waals surface area (Å²) in [5.41, 5.74) is 3.56. The SMILES string of the molecule is Cc1ccc(COCC(=O)NCC2CCCO2)c(C)c1. The first-order valence-corrected chi connectivity index (χ1v) is 7.17. The van der Waals surface area contributed by atoms with Crippen molar-refractivity contribution in [2.45, 2.75) is 39.4 Å². The molecule has 1 aromatic carbocycles. The number of carbonyl (C=O) groups excluding carboxylic acids is 1. The van der Waals surface area contributed by atoms with Gasteiger partial charge in [-0.2, -0.15) is 0 Å². The molecule has 1 heterocycles. The van der Waals surface area contributed by atoms with E-state index in [0.717, 1.165) is 25.0 Å². The van der Waals surface area contributed by atoms with E-state index < -0.39 is 0 Å². The lowest BCUT2D eigenvalue weighted by Crippen LogP contribution is -2.34. The number of ether oxygens (including phenoxy) is 2. The third-order valence-electron chi connectivity index (χ3n) is 3.54. The Labute approximate surface area is 120 Å². The van der Waals surface area contributed by atoms with Gasteiger partial charge in [-0.05, 0) is 37.8 Å². The highest BCUT2D eigenvalue weighted by Gasteiger charge is 2.16. The molecular weight excluding hydrogens is 254 g/mol. The first kappa shape index (κ1) is 15.0. The second kappa shape index (κ2) is 7.41. The number of amides is 1. The Hall–Kier alpha value is -1.39. The second-order valence-corrected chi connectivity index (χ2v) is 5.36. The summed E-state index contributed by atoms with van der Waals surface area (Å²) < 4.78 is 10.9. The van der Waals surface area contributed by atoms with Crippen molar-refractivity contribution >= 4 is 5.91 Å². The van der Waals surface area contributed by atoms with Crippen LogP contribution in [0, 0.1) is 13.8 Å². The highest BCUT2D eigenvalue weighted by Crippen LogP contribution is 2.12. The molecule has 1 unspecified atom stereocenters. The maximum atomic E-state index is 11.6. The van der Waals surface area contributed by atoms with Gasteiger partial charge < -0.3 is 14.8 Å². The summed E-state index contributed by atoms with van der Waals surface area (Å²) in [5, 5.41) is 2.85. The van der Waals surface area contributed by atoms with E-state index in [9.17, 15) is 4.79 Å². The fourth-order valence-corrected chi connectivity index (χ4v) is 2.35. The van der Waals surface area contributed by atoms with Gasteiger partial charge in [-0.3, -0.25) is 4.79 Å². The van der Waals surface area contributed by atoms with Crippen LogP contribution < -0.4 is 5.32 Å². The van der Waals surface area contributed by atoms with E-state index in [2.05, 4.69) is 37.4 Å². The van der Waals surface area contributed by atoms with Crippen LogP contribution in [0.3, 0.4) is 0 Å². The summed E-state index contributed by atoms with van der Waals surface area (Å²) in [6.45, 7) is 6.09. The number of carbonyl (C=O) groups is 1. The Morgan fingerprint density at radius 2 is 2.30 bits per heavy atom. The summed E-state index contributed by atoms with van der Waals surface area (Å²) in [5.74, 6) is -0.0785. The van der Waals surface area contributed by atoms with Crippen LogP contribution in [0.5, 0.6) is 0 Å². The van der Waals surface area contributed by atoms with Crippen LogP contribution in [0.2, 0.25) is 0 Å². The molecule has 0 aromatic heterocycles. The highest BCUT2D eigenvalue weighted by atomic mass is 16.5. The quantitative estimate of drug-likeness (QED) is 0.866. The zero-order chi connectivity index (χ0) is 14.4. The van der Waals surface area contributed by atoms with E-state index in [4.69, 9.17) is 9.47 Å². The van der Waals surface area contributed by atoms with Gasteiger partial charge >= 0.3 is 0 Å². The van der Waals surface area contributed by atoms with Crippen molar-refractivity contribution in [1.29, 1.82) is 0 Å². The predicted octanol–water partition coefficient (Wildman–Crippen LogP) is 2.12. The number of rotatable bonds is 6. The van der Waals surface area contributed by atoms with Crippen molar-refractivity contribution in [2.24, 2.45) is 0 Å². The van der Waals surface area contributed by atoms with Gasteiger partial charge in [0, 0.05) is 13.2 Å². The number of hydrogen-bond acceptors (Lipinski definition) is 3. The fraction of sp³-hybridized carbons (Fsp3) is 0.562. The third kappa shape index (κ3) is 4.62. The van der Waals surface area contributed by atoms with Gasteiger partial charge in [-0.25, -0.2) is 0 Å². The molecule has 0 spiro atoms. The summed E-state index contributed by atoms with van der Waals surface area (Å²) >= 11 is 0. The van der Waals surface area contributed by atoms with Crippen LogP contribution in [0.1, 0.15) is 29.5 Å². The monoisotopic (exact) mass is 277 g/mol. The average Bonchev–Trinajstić information content (AvgIpc) is 2.92. The van der Waals surface area contributed by atoms with Crippen molar-refractivity contribution in [3.63, 3.8) is 0 Å². The molecule has 4 heteroatoms. The third-order valence-corrected chi connectivity index (χ3v) is 3.54. The van der Waals surface area contributed by atoms with Crippen molar-refractivity contribution < 1.29 is 14.3 Å². The van der Waals surface area contributed by atoms with Gasteiger partial charge in [-0.15, -0.1) is 0 Å². The van der Waals surface area contributed by atoms with Crippen LogP contribution in [0.4, 0.5) is 0 Å². The van der Waals surface area contributed by atoms with Crippen LogP contribution in [0.15, 0.2) is 18.2 Å². The molecule has 1 fully saturated rings. The standard InChI is InChI=1S/C16H23NO3/c1-12-5-6-14(13(2)8-12)10-19-11-16(18)17-9-15-4-3-7-20-15/h5-6,8,15H,3-4,7,9-11H2,1-2H3,(H,17,18). The summed E-state index contributed by atoms with van der Waals surface area (Å²) in [6, 6.07) is 6.23. The van der Waals surface area contributed by atoms with Crippen molar-refractivity contribution in [3.05, 3.63) is 34.9 Å². The molecule has 1 aliphatic heterocycles. The average molecular weight is 277 g/mol. The lowest BCUT2D eigenvalue weighted by molar-refractivity contribution is -0.126. The van der Waals surface area contributed by atoms with Crippen LogP contribution in [-0.2, 0) is 20.9 Å². The van der Waals surface area contributed by atoms with Gasteiger partial charge in [0.05, 0.1) is 12.7 Å². The molecule has 0 saturated carbocycles. The molecule has 4 nitrogen and oxygen atoms in total. The largest absolute Gasteiger partial charge is 0.376 e. The number of benzene rings is 1. The first-order valence-electron chi connectivity index (χ1n) is 7.17. The minimum atomic E-state index is -0.0785. The zero-order valence-electron chi connectivity index (χ0n) is 12.3. The molecule has 20 heavy (non-hydrogen) atoms. The molecule has 1 saturated heterocycles. The topological polar surface area (TPSA) is 47.6 Å². The van der Waals surface area contributed by atoms with Gasteiger partial charge in [0.15, 0.2) is 0 Å². The molecule has 0 radical (unpaired) electrons. The predicted molar refractivity (Wildman–Crippen MR) is 77.6 cm³/mol. The van der Waals surface area contributed by atoms with E-state index >= 15 is 0 Å². The van der Waals surface area contributed by atoms with Gasteiger partial charge in [0.1, 0.15) is 6.61 Å². The van der Waals surface area contributed by atoms with Gasteiger partial charge in [0.25, 0.3) is 0 Å². The molecule has 2 rings (SSSR count). The Kier molecular flexibility index (Phi) is 5.56. The Morgan fingerprint density at radius 3 is 3.00 bits per heavy atom. The Morgan fingerprint density at radius 1 is 1.45 bits per heavy atom. The molecule has 110 valence electrons. The molecule has 1 aromatic rings. The summed E-state index contributed by atoms with van der Waals surface area (Å²) in [6.07, 6.45) is 2.30. The number of aryl methyl sites for hydroxylation is 2. The normalized spacial score (nSPS) is 18.2. The van der Waals surface area contributed by atoms with Gasteiger partial charge in [0.2, 0.25) is 5.91 Å². The molecule has 0 bridgehead atoms. The van der Waals surface area contributed by atoms with E-state index in [0.29, 0.717) is 13.2 Å². The fourth-order valence-electron chi connectivity index (χ4n) is 2.35. The molecular formula is C16H23NO3. The molecule has 1 aliphatic rings. The maximum Gasteiger partial charge on any atom is 0.246 e. The smallest absolute Gasteiger partial charge is 0.246 e. The molecule has 0 aliphatic carbocycles. The Bertz CT molecular complexity index is 453. The van der Waals surface area contributed by atoms with Crippen LogP contribution >= 0.6 is 0 Å². The molecule has 1 amide bonds. The minimum absolute atomic E-state index is 0.0785. The van der Waals surface area contributed by atoms with Gasteiger partial charge in [-0.1, -0.05) is 23.8 Å². The maximum absolute atomic E-state index is 11.6. The van der Waals surface area contributed by atoms with Crippen LogP contribution in [-0.4, -0.2) is 31.8 Å². The van der Waals surface area contributed by atoms with E-state index in [-0.39, 0.29) is 18.6 Å². The minimum Gasteiger partial charge on any atom is -0.376 e. The van der Waals surface area contributed by atoms with E-state index in [1.807, 2.05) is 0 Å². The zero-order valence-corrected chi connectivity index (χ0v) is 12.3. The second-order valence-electron chi connectivity index (χ2n) is 5.36.